The first kappa shape index (κ1) is 15.7. The van der Waals surface area contributed by atoms with Crippen LogP contribution < -0.4 is 0 Å². The fourth-order valence-corrected chi connectivity index (χ4v) is 2.50. The SMILES string of the molecule is C=C(C)C(CC)CCCC(CC)CCCC. The lowest BCUT2D eigenvalue weighted by Crippen LogP contribution is -2.03. The Hall–Kier alpha value is -0.260. The van der Waals surface area contributed by atoms with E-state index in [1.54, 1.807) is 0 Å². The van der Waals surface area contributed by atoms with Crippen molar-refractivity contribution in [2.24, 2.45) is 11.8 Å². The third-order valence-electron chi connectivity index (χ3n) is 3.90. The monoisotopic (exact) mass is 224 g/mol. The molecule has 0 radical (unpaired) electrons. The summed E-state index contributed by atoms with van der Waals surface area (Å²) in [5.41, 5.74) is 1.38. The first-order valence-corrected chi connectivity index (χ1v) is 7.30. The van der Waals surface area contributed by atoms with Gasteiger partial charge in [-0.2, -0.15) is 0 Å². The molecule has 0 nitrogen and oxygen atoms in total. The minimum Gasteiger partial charge on any atom is -0.0999 e. The third kappa shape index (κ3) is 7.09. The van der Waals surface area contributed by atoms with Crippen LogP contribution in [0.5, 0.6) is 0 Å². The quantitative estimate of drug-likeness (QED) is 0.401. The zero-order chi connectivity index (χ0) is 12.4. The van der Waals surface area contributed by atoms with E-state index < -0.39 is 0 Å². The lowest BCUT2D eigenvalue weighted by Gasteiger charge is -2.18. The highest BCUT2D eigenvalue weighted by atomic mass is 14.2. The van der Waals surface area contributed by atoms with Crippen LogP contribution in [0.25, 0.3) is 0 Å². The average molecular weight is 224 g/mol. The molecular formula is C16H32. The standard InChI is InChI=1S/C16H32/c1-6-9-11-15(7-2)12-10-13-16(8-3)14(4)5/h15-16H,4,6-13H2,1-3,5H3. The molecule has 0 N–H and O–H groups in total. The van der Waals surface area contributed by atoms with Crippen LogP contribution in [-0.2, 0) is 0 Å². The Bertz CT molecular complexity index is 169. The molecule has 0 saturated carbocycles. The number of allylic oxidation sites excluding steroid dienone is 1. The molecule has 0 aliphatic rings. The Kier molecular flexibility index (Phi) is 9.77. The van der Waals surface area contributed by atoms with Gasteiger partial charge in [-0.1, -0.05) is 71.4 Å². The van der Waals surface area contributed by atoms with Gasteiger partial charge in [0.1, 0.15) is 0 Å². The molecule has 96 valence electrons. The van der Waals surface area contributed by atoms with Crippen LogP contribution in [0.15, 0.2) is 12.2 Å². The molecule has 16 heavy (non-hydrogen) atoms. The van der Waals surface area contributed by atoms with Crippen LogP contribution in [0.1, 0.15) is 79.1 Å². The molecule has 0 heterocycles. The van der Waals surface area contributed by atoms with E-state index in [-0.39, 0.29) is 0 Å². The minimum atomic E-state index is 0.767. The van der Waals surface area contributed by atoms with Crippen LogP contribution >= 0.6 is 0 Å². The Balaban J connectivity index is 3.71. The van der Waals surface area contributed by atoms with E-state index in [4.69, 9.17) is 0 Å². The van der Waals surface area contributed by atoms with Gasteiger partial charge in [0.05, 0.1) is 0 Å². The predicted octanol–water partition coefficient (Wildman–Crippen LogP) is 5.98. The van der Waals surface area contributed by atoms with E-state index in [1.165, 1.54) is 56.9 Å². The van der Waals surface area contributed by atoms with E-state index in [2.05, 4.69) is 34.3 Å². The van der Waals surface area contributed by atoms with E-state index >= 15 is 0 Å². The molecule has 0 fully saturated rings. The third-order valence-corrected chi connectivity index (χ3v) is 3.90. The van der Waals surface area contributed by atoms with Crippen LogP contribution in [0.3, 0.4) is 0 Å². The summed E-state index contributed by atoms with van der Waals surface area (Å²) in [5.74, 6) is 1.74. The van der Waals surface area contributed by atoms with E-state index in [9.17, 15) is 0 Å². The number of rotatable bonds is 10. The summed E-state index contributed by atoms with van der Waals surface area (Å²) in [6.45, 7) is 13.2. The Labute approximate surface area is 104 Å². The Morgan fingerprint density at radius 3 is 2.00 bits per heavy atom. The highest BCUT2D eigenvalue weighted by Gasteiger charge is 2.09. The van der Waals surface area contributed by atoms with Gasteiger partial charge in [-0.3, -0.25) is 0 Å². The second kappa shape index (κ2) is 9.93. The fraction of sp³-hybridized carbons (Fsp3) is 0.875. The van der Waals surface area contributed by atoms with Gasteiger partial charge in [0.2, 0.25) is 0 Å². The van der Waals surface area contributed by atoms with Crippen LogP contribution in [0.2, 0.25) is 0 Å². The topological polar surface area (TPSA) is 0 Å². The van der Waals surface area contributed by atoms with Crippen molar-refractivity contribution in [2.75, 3.05) is 0 Å². The van der Waals surface area contributed by atoms with Gasteiger partial charge in [-0.15, -0.1) is 0 Å². The van der Waals surface area contributed by atoms with Crippen molar-refractivity contribution in [3.63, 3.8) is 0 Å². The summed E-state index contributed by atoms with van der Waals surface area (Å²) in [6.07, 6.45) is 11.0. The number of hydrogen-bond acceptors (Lipinski definition) is 0. The van der Waals surface area contributed by atoms with Gasteiger partial charge in [-0.25, -0.2) is 0 Å². The van der Waals surface area contributed by atoms with Crippen molar-refractivity contribution in [2.45, 2.75) is 79.1 Å². The lowest BCUT2D eigenvalue weighted by atomic mass is 9.88. The smallest absolute Gasteiger partial charge is 0.0211 e. The summed E-state index contributed by atoms with van der Waals surface area (Å²) in [5, 5.41) is 0. The highest BCUT2D eigenvalue weighted by Crippen LogP contribution is 2.24. The zero-order valence-electron chi connectivity index (χ0n) is 12.0. The maximum Gasteiger partial charge on any atom is -0.0211 e. The molecule has 0 heteroatoms. The second-order valence-electron chi connectivity index (χ2n) is 5.30. The molecule has 0 rings (SSSR count). The van der Waals surface area contributed by atoms with Crippen molar-refractivity contribution in [1.29, 1.82) is 0 Å². The molecule has 0 aromatic heterocycles. The summed E-state index contributed by atoms with van der Waals surface area (Å²) in [7, 11) is 0. The van der Waals surface area contributed by atoms with Crippen molar-refractivity contribution >= 4 is 0 Å². The molecule has 0 aromatic rings. The molecule has 2 unspecified atom stereocenters. The predicted molar refractivity (Wildman–Crippen MR) is 75.8 cm³/mol. The molecule has 2 atom stereocenters. The van der Waals surface area contributed by atoms with Gasteiger partial charge in [0, 0.05) is 0 Å². The van der Waals surface area contributed by atoms with Crippen molar-refractivity contribution in [3.05, 3.63) is 12.2 Å². The molecule has 0 aliphatic heterocycles. The molecule has 0 amide bonds. The van der Waals surface area contributed by atoms with Gasteiger partial charge >= 0.3 is 0 Å². The van der Waals surface area contributed by atoms with Crippen LogP contribution in [0.4, 0.5) is 0 Å². The number of hydrogen-bond donors (Lipinski definition) is 0. The maximum absolute atomic E-state index is 4.09. The zero-order valence-corrected chi connectivity index (χ0v) is 12.0. The van der Waals surface area contributed by atoms with Crippen LogP contribution in [0, 0.1) is 11.8 Å². The van der Waals surface area contributed by atoms with Crippen molar-refractivity contribution < 1.29 is 0 Å². The van der Waals surface area contributed by atoms with Crippen molar-refractivity contribution in [3.8, 4) is 0 Å². The van der Waals surface area contributed by atoms with Gasteiger partial charge in [0.15, 0.2) is 0 Å². The Morgan fingerprint density at radius 2 is 1.56 bits per heavy atom. The molecule has 0 aliphatic carbocycles. The van der Waals surface area contributed by atoms with Gasteiger partial charge in [-0.05, 0) is 31.6 Å². The highest BCUT2D eigenvalue weighted by molar-refractivity contribution is 4.95. The summed E-state index contributed by atoms with van der Waals surface area (Å²) in [4.78, 5) is 0. The summed E-state index contributed by atoms with van der Waals surface area (Å²) >= 11 is 0. The van der Waals surface area contributed by atoms with E-state index in [0.717, 1.165) is 11.8 Å². The lowest BCUT2D eigenvalue weighted by molar-refractivity contribution is 0.385. The summed E-state index contributed by atoms with van der Waals surface area (Å²) < 4.78 is 0. The molecule has 0 spiro atoms. The first-order valence-electron chi connectivity index (χ1n) is 7.30. The molecule has 0 bridgehead atoms. The molecule has 0 aromatic carbocycles. The van der Waals surface area contributed by atoms with Gasteiger partial charge < -0.3 is 0 Å². The van der Waals surface area contributed by atoms with E-state index in [1.807, 2.05) is 0 Å². The second-order valence-corrected chi connectivity index (χ2v) is 5.30. The fourth-order valence-electron chi connectivity index (χ4n) is 2.50. The number of unbranched alkanes of at least 4 members (excludes halogenated alkanes) is 1. The molecular weight excluding hydrogens is 192 g/mol. The average Bonchev–Trinajstić information content (AvgIpc) is 2.28. The van der Waals surface area contributed by atoms with Crippen molar-refractivity contribution in [1.82, 2.24) is 0 Å². The normalized spacial score (nSPS) is 14.8. The van der Waals surface area contributed by atoms with E-state index in [0.29, 0.717) is 0 Å². The minimum absolute atomic E-state index is 0.767. The Morgan fingerprint density at radius 1 is 0.938 bits per heavy atom. The first-order chi connectivity index (χ1) is 7.65. The summed E-state index contributed by atoms with van der Waals surface area (Å²) in [6, 6.07) is 0. The van der Waals surface area contributed by atoms with Crippen LogP contribution in [-0.4, -0.2) is 0 Å². The maximum atomic E-state index is 4.09. The van der Waals surface area contributed by atoms with Gasteiger partial charge in [0.25, 0.3) is 0 Å². The molecule has 0 saturated heterocycles. The largest absolute Gasteiger partial charge is 0.0999 e.